The number of nitrogens with zero attached hydrogens (tertiary/aromatic N) is 2. The highest BCUT2D eigenvalue weighted by Crippen LogP contribution is 2.30. The minimum absolute atomic E-state index is 0.408. The molecule has 0 aromatic heterocycles. The van der Waals surface area contributed by atoms with Gasteiger partial charge in [-0.25, -0.2) is 0 Å². The molecule has 0 spiro atoms. The predicted octanol–water partition coefficient (Wildman–Crippen LogP) is 2.95. The molecular formula is C13H18N2. The summed E-state index contributed by atoms with van der Waals surface area (Å²) < 4.78 is 0. The number of rotatable bonds is 1. The van der Waals surface area contributed by atoms with Crippen LogP contribution in [0, 0.1) is 6.92 Å². The van der Waals surface area contributed by atoms with Crippen LogP contribution in [-0.4, -0.2) is 18.1 Å². The lowest BCUT2D eigenvalue weighted by molar-refractivity contribution is 0.382. The van der Waals surface area contributed by atoms with E-state index in [1.807, 2.05) is 0 Å². The number of hydrogen-bond donors (Lipinski definition) is 0. The van der Waals surface area contributed by atoms with Gasteiger partial charge in [0.2, 0.25) is 0 Å². The first-order valence-electron chi connectivity index (χ1n) is 5.36. The second kappa shape index (κ2) is 3.61. The Morgan fingerprint density at radius 3 is 2.33 bits per heavy atom. The van der Waals surface area contributed by atoms with Gasteiger partial charge in [-0.1, -0.05) is 18.2 Å². The quantitative estimate of drug-likeness (QED) is 0.691. The first-order chi connectivity index (χ1) is 7.11. The molecule has 0 radical (unpaired) electrons. The largest absolute Gasteiger partial charge is 0.359 e. The van der Waals surface area contributed by atoms with E-state index in [0.717, 1.165) is 0 Å². The third-order valence-corrected chi connectivity index (χ3v) is 3.11. The molecule has 0 bridgehead atoms. The predicted molar refractivity (Wildman–Crippen MR) is 64.6 cm³/mol. The average Bonchev–Trinajstić information content (AvgIpc) is 2.43. The van der Waals surface area contributed by atoms with Gasteiger partial charge in [0.15, 0.2) is 0 Å². The molecule has 1 atom stereocenters. The minimum Gasteiger partial charge on any atom is -0.359 e. The Balaban J connectivity index is 2.40. The maximum atomic E-state index is 2.37. The highest BCUT2D eigenvalue weighted by molar-refractivity contribution is 5.59. The Kier molecular flexibility index (Phi) is 2.43. The Hall–Kier alpha value is -1.44. The van der Waals surface area contributed by atoms with E-state index in [1.54, 1.807) is 0 Å². The molecule has 2 heteroatoms. The van der Waals surface area contributed by atoms with E-state index in [2.05, 4.69) is 68.1 Å². The van der Waals surface area contributed by atoms with Gasteiger partial charge in [-0.15, -0.1) is 0 Å². The second-order valence-corrected chi connectivity index (χ2v) is 4.22. The van der Waals surface area contributed by atoms with Crippen molar-refractivity contribution in [2.75, 3.05) is 11.9 Å². The van der Waals surface area contributed by atoms with Gasteiger partial charge in [-0.2, -0.15) is 0 Å². The van der Waals surface area contributed by atoms with E-state index in [1.165, 1.54) is 16.9 Å². The normalized spacial score (nSPS) is 20.8. The van der Waals surface area contributed by atoms with E-state index < -0.39 is 0 Å². The number of hydrogen-bond acceptors (Lipinski definition) is 2. The summed E-state index contributed by atoms with van der Waals surface area (Å²) in [4.78, 5) is 4.61. The molecule has 1 aromatic carbocycles. The minimum atomic E-state index is 0.408. The molecule has 2 nitrogen and oxygen atoms in total. The van der Waals surface area contributed by atoms with Crippen molar-refractivity contribution in [3.05, 3.63) is 41.7 Å². The van der Waals surface area contributed by atoms with E-state index >= 15 is 0 Å². The standard InChI is InChI=1S/C13H18N2/c1-10-7-5-6-8-13(10)15-11(2)9-14(4)12(15)3/h5-9,12H,1-4H3. The van der Waals surface area contributed by atoms with Crippen molar-refractivity contribution < 1.29 is 0 Å². The molecule has 1 aliphatic heterocycles. The van der Waals surface area contributed by atoms with E-state index in [9.17, 15) is 0 Å². The van der Waals surface area contributed by atoms with Crippen LogP contribution >= 0.6 is 0 Å². The number of anilines is 1. The fraction of sp³-hybridized carbons (Fsp3) is 0.385. The van der Waals surface area contributed by atoms with Crippen molar-refractivity contribution in [3.63, 3.8) is 0 Å². The Morgan fingerprint density at radius 2 is 1.80 bits per heavy atom. The molecular weight excluding hydrogens is 184 g/mol. The van der Waals surface area contributed by atoms with Crippen molar-refractivity contribution in [2.45, 2.75) is 26.9 Å². The molecule has 80 valence electrons. The molecule has 1 heterocycles. The van der Waals surface area contributed by atoms with E-state index in [0.29, 0.717) is 6.17 Å². The SMILES string of the molecule is CC1=CN(C)C(C)N1c1ccccc1C. The summed E-state index contributed by atoms with van der Waals surface area (Å²) in [6.07, 6.45) is 2.60. The zero-order chi connectivity index (χ0) is 11.0. The number of allylic oxidation sites excluding steroid dienone is 1. The lowest BCUT2D eigenvalue weighted by Crippen LogP contribution is -2.35. The van der Waals surface area contributed by atoms with Crippen LogP contribution in [0.5, 0.6) is 0 Å². The van der Waals surface area contributed by atoms with E-state index in [4.69, 9.17) is 0 Å². The van der Waals surface area contributed by atoms with Gasteiger partial charge in [-0.05, 0) is 32.4 Å². The summed E-state index contributed by atoms with van der Waals surface area (Å²) in [5, 5.41) is 0. The fourth-order valence-electron chi connectivity index (χ4n) is 2.17. The van der Waals surface area contributed by atoms with Crippen LogP contribution in [0.4, 0.5) is 5.69 Å². The third-order valence-electron chi connectivity index (χ3n) is 3.11. The summed E-state index contributed by atoms with van der Waals surface area (Å²) >= 11 is 0. The summed E-state index contributed by atoms with van der Waals surface area (Å²) in [6, 6.07) is 8.53. The van der Waals surface area contributed by atoms with Crippen LogP contribution < -0.4 is 4.90 Å². The summed E-state index contributed by atoms with van der Waals surface area (Å²) in [6.45, 7) is 6.54. The molecule has 0 aliphatic carbocycles. The van der Waals surface area contributed by atoms with Crippen LogP contribution in [0.3, 0.4) is 0 Å². The van der Waals surface area contributed by atoms with Crippen molar-refractivity contribution in [3.8, 4) is 0 Å². The first kappa shape index (κ1) is 10.1. The van der Waals surface area contributed by atoms with Gasteiger partial charge in [0.1, 0.15) is 6.17 Å². The van der Waals surface area contributed by atoms with Crippen LogP contribution in [0.2, 0.25) is 0 Å². The van der Waals surface area contributed by atoms with Gasteiger partial charge >= 0.3 is 0 Å². The van der Waals surface area contributed by atoms with Crippen LogP contribution in [0.1, 0.15) is 19.4 Å². The van der Waals surface area contributed by atoms with Gasteiger partial charge < -0.3 is 9.80 Å². The molecule has 0 N–H and O–H groups in total. The van der Waals surface area contributed by atoms with Gasteiger partial charge in [-0.3, -0.25) is 0 Å². The molecule has 2 rings (SSSR count). The molecule has 15 heavy (non-hydrogen) atoms. The summed E-state index contributed by atoms with van der Waals surface area (Å²) in [5.41, 5.74) is 3.94. The lowest BCUT2D eigenvalue weighted by Gasteiger charge is -2.30. The van der Waals surface area contributed by atoms with E-state index in [-0.39, 0.29) is 0 Å². The molecule has 0 fully saturated rings. The fourth-order valence-corrected chi connectivity index (χ4v) is 2.17. The second-order valence-electron chi connectivity index (χ2n) is 4.22. The maximum Gasteiger partial charge on any atom is 0.102 e. The molecule has 1 unspecified atom stereocenters. The zero-order valence-corrected chi connectivity index (χ0v) is 9.86. The topological polar surface area (TPSA) is 6.48 Å². The smallest absolute Gasteiger partial charge is 0.102 e. The molecule has 1 aliphatic rings. The Bertz CT molecular complexity index is 395. The highest BCUT2D eigenvalue weighted by atomic mass is 15.4. The summed E-state index contributed by atoms with van der Waals surface area (Å²) in [7, 11) is 2.12. The van der Waals surface area contributed by atoms with Crippen molar-refractivity contribution >= 4 is 5.69 Å². The summed E-state index contributed by atoms with van der Waals surface area (Å²) in [5.74, 6) is 0. The number of aryl methyl sites for hydroxylation is 1. The Labute approximate surface area is 91.8 Å². The molecule has 1 aromatic rings. The van der Waals surface area contributed by atoms with Crippen molar-refractivity contribution in [1.29, 1.82) is 0 Å². The number of para-hydroxylation sites is 1. The van der Waals surface area contributed by atoms with Crippen LogP contribution in [-0.2, 0) is 0 Å². The van der Waals surface area contributed by atoms with Crippen molar-refractivity contribution in [2.24, 2.45) is 0 Å². The van der Waals surface area contributed by atoms with Gasteiger partial charge in [0.25, 0.3) is 0 Å². The molecule has 0 amide bonds. The van der Waals surface area contributed by atoms with Crippen molar-refractivity contribution in [1.82, 2.24) is 4.90 Å². The lowest BCUT2D eigenvalue weighted by atomic mass is 10.1. The number of benzene rings is 1. The average molecular weight is 202 g/mol. The molecule has 0 saturated carbocycles. The monoisotopic (exact) mass is 202 g/mol. The third kappa shape index (κ3) is 1.60. The Morgan fingerprint density at radius 1 is 1.13 bits per heavy atom. The maximum absolute atomic E-state index is 2.37. The zero-order valence-electron chi connectivity index (χ0n) is 9.86. The van der Waals surface area contributed by atoms with Crippen LogP contribution in [0.15, 0.2) is 36.2 Å². The van der Waals surface area contributed by atoms with Gasteiger partial charge in [0.05, 0.1) is 0 Å². The first-order valence-corrected chi connectivity index (χ1v) is 5.36. The molecule has 0 saturated heterocycles. The van der Waals surface area contributed by atoms with Crippen LogP contribution in [0.25, 0.3) is 0 Å². The highest BCUT2D eigenvalue weighted by Gasteiger charge is 2.25. The van der Waals surface area contributed by atoms with Gasteiger partial charge in [0, 0.05) is 24.6 Å².